The van der Waals surface area contributed by atoms with Crippen LogP contribution in [0.1, 0.15) is 30.8 Å². The Kier molecular flexibility index (Phi) is 6.02. The lowest BCUT2D eigenvalue weighted by Crippen LogP contribution is -2.28. The number of methoxy groups -OCH3 is 1. The Balaban J connectivity index is 2.67. The average Bonchev–Trinajstić information content (AvgIpc) is 2.56. The fourth-order valence-corrected chi connectivity index (χ4v) is 2.03. The van der Waals surface area contributed by atoms with E-state index in [9.17, 15) is 4.79 Å². The molecule has 0 radical (unpaired) electrons. The lowest BCUT2D eigenvalue weighted by atomic mass is 10.1. The van der Waals surface area contributed by atoms with Crippen LogP contribution in [0, 0.1) is 19.8 Å². The van der Waals surface area contributed by atoms with E-state index in [-0.39, 0.29) is 5.91 Å². The maximum atomic E-state index is 11.8. The molecule has 0 atom stereocenters. The van der Waals surface area contributed by atoms with Gasteiger partial charge in [-0.25, -0.2) is 0 Å². The fourth-order valence-electron chi connectivity index (χ4n) is 2.03. The molecule has 0 saturated carbocycles. The van der Waals surface area contributed by atoms with Gasteiger partial charge < -0.3 is 10.1 Å². The molecule has 0 unspecified atom stereocenters. The molecule has 0 saturated heterocycles. The van der Waals surface area contributed by atoms with Crippen LogP contribution in [0.25, 0.3) is 0 Å². The summed E-state index contributed by atoms with van der Waals surface area (Å²) in [5.74, 6) is 0.564. The van der Waals surface area contributed by atoms with Crippen LogP contribution < -0.4 is 5.32 Å². The molecule has 0 aliphatic rings. The molecular formula is C14H25N3O2. The van der Waals surface area contributed by atoms with E-state index in [0.29, 0.717) is 25.5 Å². The van der Waals surface area contributed by atoms with Gasteiger partial charge in [0.1, 0.15) is 0 Å². The second kappa shape index (κ2) is 7.28. The van der Waals surface area contributed by atoms with Crippen molar-refractivity contribution in [2.75, 3.05) is 20.3 Å². The third kappa shape index (κ3) is 4.67. The summed E-state index contributed by atoms with van der Waals surface area (Å²) in [6, 6.07) is 0. The summed E-state index contributed by atoms with van der Waals surface area (Å²) in [7, 11) is 1.62. The number of ether oxygens (including phenoxy) is 1. The molecule has 0 fully saturated rings. The van der Waals surface area contributed by atoms with E-state index < -0.39 is 0 Å². The molecule has 0 bridgehead atoms. The SMILES string of the molecule is COCCNC(=O)Cc1c(C)nn(CC(C)C)c1C. The zero-order valence-corrected chi connectivity index (χ0v) is 12.6. The van der Waals surface area contributed by atoms with Crippen LogP contribution in [-0.4, -0.2) is 35.9 Å². The van der Waals surface area contributed by atoms with Gasteiger partial charge in [-0.1, -0.05) is 13.8 Å². The van der Waals surface area contributed by atoms with Crippen molar-refractivity contribution in [1.29, 1.82) is 0 Å². The predicted octanol–water partition coefficient (Wildman–Crippen LogP) is 1.46. The average molecular weight is 267 g/mol. The minimum atomic E-state index is 0.0207. The summed E-state index contributed by atoms with van der Waals surface area (Å²) < 4.78 is 6.90. The smallest absolute Gasteiger partial charge is 0.224 e. The minimum absolute atomic E-state index is 0.0207. The highest BCUT2D eigenvalue weighted by molar-refractivity contribution is 5.79. The van der Waals surface area contributed by atoms with Gasteiger partial charge in [0.15, 0.2) is 0 Å². The fraction of sp³-hybridized carbons (Fsp3) is 0.714. The van der Waals surface area contributed by atoms with Gasteiger partial charge in [-0.3, -0.25) is 9.48 Å². The molecule has 5 heteroatoms. The van der Waals surface area contributed by atoms with Gasteiger partial charge in [0.2, 0.25) is 5.91 Å². The number of hydrogen-bond acceptors (Lipinski definition) is 3. The number of carbonyl (C=O) groups is 1. The first-order chi connectivity index (χ1) is 8.95. The summed E-state index contributed by atoms with van der Waals surface area (Å²) in [4.78, 5) is 11.8. The summed E-state index contributed by atoms with van der Waals surface area (Å²) in [6.07, 6.45) is 0.388. The first-order valence-electron chi connectivity index (χ1n) is 6.74. The van der Waals surface area contributed by atoms with E-state index in [0.717, 1.165) is 23.5 Å². The topological polar surface area (TPSA) is 56.1 Å². The van der Waals surface area contributed by atoms with E-state index in [2.05, 4.69) is 24.3 Å². The number of nitrogens with zero attached hydrogens (tertiary/aromatic N) is 2. The Morgan fingerprint density at radius 2 is 2.11 bits per heavy atom. The number of aromatic nitrogens is 2. The molecule has 1 aromatic heterocycles. The van der Waals surface area contributed by atoms with E-state index in [1.807, 2.05) is 18.5 Å². The number of amides is 1. The zero-order valence-electron chi connectivity index (χ0n) is 12.6. The highest BCUT2D eigenvalue weighted by Gasteiger charge is 2.15. The molecule has 1 amide bonds. The van der Waals surface area contributed by atoms with Crippen molar-refractivity contribution in [3.05, 3.63) is 17.0 Å². The van der Waals surface area contributed by atoms with Crippen LogP contribution in [0.3, 0.4) is 0 Å². The second-order valence-corrected chi connectivity index (χ2v) is 5.24. The van der Waals surface area contributed by atoms with Crippen LogP contribution in [0.2, 0.25) is 0 Å². The van der Waals surface area contributed by atoms with Gasteiger partial charge in [0, 0.05) is 31.5 Å². The largest absolute Gasteiger partial charge is 0.383 e. The van der Waals surface area contributed by atoms with Crippen molar-refractivity contribution < 1.29 is 9.53 Å². The highest BCUT2D eigenvalue weighted by Crippen LogP contribution is 2.15. The molecule has 1 rings (SSSR count). The molecule has 19 heavy (non-hydrogen) atoms. The number of aryl methyl sites for hydroxylation is 1. The third-order valence-electron chi connectivity index (χ3n) is 3.04. The van der Waals surface area contributed by atoms with Crippen LogP contribution in [-0.2, 0) is 22.5 Å². The second-order valence-electron chi connectivity index (χ2n) is 5.24. The molecular weight excluding hydrogens is 242 g/mol. The van der Waals surface area contributed by atoms with Crippen molar-refractivity contribution in [3.8, 4) is 0 Å². The Morgan fingerprint density at radius 3 is 2.68 bits per heavy atom. The normalized spacial score (nSPS) is 11.1. The van der Waals surface area contributed by atoms with Crippen LogP contribution in [0.15, 0.2) is 0 Å². The maximum absolute atomic E-state index is 11.8. The van der Waals surface area contributed by atoms with Gasteiger partial charge >= 0.3 is 0 Å². The van der Waals surface area contributed by atoms with Crippen LogP contribution in [0.4, 0.5) is 0 Å². The van der Waals surface area contributed by atoms with Crippen LogP contribution >= 0.6 is 0 Å². The molecule has 0 aliphatic heterocycles. The standard InChI is InChI=1S/C14H25N3O2/c1-10(2)9-17-12(4)13(11(3)16-17)8-14(18)15-6-7-19-5/h10H,6-9H2,1-5H3,(H,15,18). The van der Waals surface area contributed by atoms with Crippen molar-refractivity contribution in [2.45, 2.75) is 40.7 Å². The number of nitrogens with one attached hydrogen (secondary N) is 1. The van der Waals surface area contributed by atoms with E-state index in [4.69, 9.17) is 4.74 Å². The quantitative estimate of drug-likeness (QED) is 0.761. The first kappa shape index (κ1) is 15.7. The Bertz CT molecular complexity index is 425. The molecule has 0 aliphatic carbocycles. The summed E-state index contributed by atoms with van der Waals surface area (Å²) >= 11 is 0. The van der Waals surface area contributed by atoms with Gasteiger partial charge in [-0.05, 0) is 19.8 Å². The van der Waals surface area contributed by atoms with E-state index >= 15 is 0 Å². The molecule has 1 N–H and O–H groups in total. The number of rotatable bonds is 7. The van der Waals surface area contributed by atoms with Crippen molar-refractivity contribution >= 4 is 5.91 Å². The molecule has 108 valence electrons. The monoisotopic (exact) mass is 267 g/mol. The maximum Gasteiger partial charge on any atom is 0.224 e. The summed E-state index contributed by atoms with van der Waals surface area (Å²) in [5.41, 5.74) is 3.07. The first-order valence-corrected chi connectivity index (χ1v) is 6.74. The third-order valence-corrected chi connectivity index (χ3v) is 3.04. The van der Waals surface area contributed by atoms with E-state index in [1.54, 1.807) is 7.11 Å². The van der Waals surface area contributed by atoms with Crippen LogP contribution in [0.5, 0.6) is 0 Å². The van der Waals surface area contributed by atoms with Gasteiger partial charge in [-0.15, -0.1) is 0 Å². The Hall–Kier alpha value is -1.36. The van der Waals surface area contributed by atoms with E-state index in [1.165, 1.54) is 0 Å². The number of hydrogen-bond donors (Lipinski definition) is 1. The highest BCUT2D eigenvalue weighted by atomic mass is 16.5. The van der Waals surface area contributed by atoms with Gasteiger partial charge in [0.05, 0.1) is 18.7 Å². The molecule has 5 nitrogen and oxygen atoms in total. The van der Waals surface area contributed by atoms with Crippen molar-refractivity contribution in [3.63, 3.8) is 0 Å². The Morgan fingerprint density at radius 1 is 1.42 bits per heavy atom. The molecule has 0 spiro atoms. The molecule has 1 aromatic rings. The van der Waals surface area contributed by atoms with Gasteiger partial charge in [-0.2, -0.15) is 5.10 Å². The Labute approximate surface area is 115 Å². The summed E-state index contributed by atoms with van der Waals surface area (Å²) in [6.45, 7) is 10.3. The molecule has 1 heterocycles. The zero-order chi connectivity index (χ0) is 14.4. The van der Waals surface area contributed by atoms with Crippen molar-refractivity contribution in [1.82, 2.24) is 15.1 Å². The lowest BCUT2D eigenvalue weighted by Gasteiger charge is -2.08. The molecule has 0 aromatic carbocycles. The minimum Gasteiger partial charge on any atom is -0.383 e. The lowest BCUT2D eigenvalue weighted by molar-refractivity contribution is -0.120. The number of carbonyl (C=O) groups excluding carboxylic acids is 1. The predicted molar refractivity (Wildman–Crippen MR) is 75.1 cm³/mol. The van der Waals surface area contributed by atoms with Crippen molar-refractivity contribution in [2.24, 2.45) is 5.92 Å². The summed E-state index contributed by atoms with van der Waals surface area (Å²) in [5, 5.41) is 7.35. The van der Waals surface area contributed by atoms with Gasteiger partial charge in [0.25, 0.3) is 0 Å².